The number of methoxy groups -OCH3 is 1. The van der Waals surface area contributed by atoms with E-state index in [0.29, 0.717) is 16.9 Å². The fraction of sp³-hybridized carbons (Fsp3) is 0.261. The van der Waals surface area contributed by atoms with E-state index in [4.69, 9.17) is 9.47 Å². The second kappa shape index (κ2) is 10.1. The van der Waals surface area contributed by atoms with Crippen LogP contribution in [0.5, 0.6) is 5.75 Å². The zero-order chi connectivity index (χ0) is 25.0. The van der Waals surface area contributed by atoms with Gasteiger partial charge >= 0.3 is 5.97 Å². The van der Waals surface area contributed by atoms with Crippen molar-refractivity contribution >= 4 is 27.6 Å². The van der Waals surface area contributed by atoms with E-state index in [1.165, 1.54) is 51.1 Å². The number of anilines is 1. The van der Waals surface area contributed by atoms with Crippen LogP contribution in [0.1, 0.15) is 23.0 Å². The van der Waals surface area contributed by atoms with Crippen LogP contribution in [0.15, 0.2) is 59.6 Å². The first kappa shape index (κ1) is 24.9. The second-order valence-electron chi connectivity index (χ2n) is 7.63. The SMILES string of the molecule is COc1cn(-c2ccccc2)nc1C(=O)O[C@@H](C)C(=O)Nc1cc(S(=O)(=O)N(C)C)ccc1C. The fourth-order valence-electron chi connectivity index (χ4n) is 2.97. The van der Waals surface area contributed by atoms with Crippen molar-refractivity contribution in [3.8, 4) is 11.4 Å². The Balaban J connectivity index is 1.76. The third-order valence-corrected chi connectivity index (χ3v) is 6.82. The zero-order valence-electron chi connectivity index (χ0n) is 19.5. The van der Waals surface area contributed by atoms with Gasteiger partial charge in [-0.05, 0) is 43.7 Å². The van der Waals surface area contributed by atoms with Crippen LogP contribution in [0.25, 0.3) is 5.69 Å². The summed E-state index contributed by atoms with van der Waals surface area (Å²) < 4.78 is 37.9. The molecule has 1 aromatic heterocycles. The standard InChI is InChI=1S/C23H26N4O6S/c1-15-11-12-18(34(30,31)26(3)4)13-19(15)24-22(28)16(2)33-23(29)21-20(32-5)14-27(25-21)17-9-7-6-8-10-17/h6-14,16H,1-5H3,(H,24,28)/t16-/m0/s1. The lowest BCUT2D eigenvalue weighted by molar-refractivity contribution is -0.123. The van der Waals surface area contributed by atoms with E-state index in [-0.39, 0.29) is 16.3 Å². The molecule has 0 radical (unpaired) electrons. The number of hydrogen-bond acceptors (Lipinski definition) is 7. The van der Waals surface area contributed by atoms with Gasteiger partial charge in [0.25, 0.3) is 5.91 Å². The Kier molecular flexibility index (Phi) is 7.38. The van der Waals surface area contributed by atoms with Crippen molar-refractivity contribution in [3.05, 3.63) is 66.0 Å². The summed E-state index contributed by atoms with van der Waals surface area (Å²) in [5.74, 6) is -1.27. The Hall–Kier alpha value is -3.70. The first-order valence-electron chi connectivity index (χ1n) is 10.3. The summed E-state index contributed by atoms with van der Waals surface area (Å²) in [6, 6.07) is 13.5. The molecule has 2 aromatic carbocycles. The molecule has 1 heterocycles. The van der Waals surface area contributed by atoms with Crippen LogP contribution in [-0.2, 0) is 19.6 Å². The van der Waals surface area contributed by atoms with Crippen LogP contribution in [-0.4, -0.2) is 61.7 Å². The third-order valence-electron chi connectivity index (χ3n) is 5.01. The van der Waals surface area contributed by atoms with E-state index in [1.54, 1.807) is 13.0 Å². The number of aromatic nitrogens is 2. The average molecular weight is 487 g/mol. The van der Waals surface area contributed by atoms with Gasteiger partial charge in [-0.3, -0.25) is 4.79 Å². The van der Waals surface area contributed by atoms with Crippen LogP contribution in [0.3, 0.4) is 0 Å². The number of aryl methyl sites for hydroxylation is 1. The highest BCUT2D eigenvalue weighted by atomic mass is 32.2. The number of rotatable bonds is 8. The quantitative estimate of drug-likeness (QED) is 0.486. The molecule has 0 saturated heterocycles. The van der Waals surface area contributed by atoms with Gasteiger partial charge in [0.1, 0.15) is 0 Å². The minimum absolute atomic E-state index is 0.0271. The van der Waals surface area contributed by atoms with Gasteiger partial charge in [0, 0.05) is 19.8 Å². The molecule has 0 aliphatic heterocycles. The number of hydrogen-bond donors (Lipinski definition) is 1. The summed E-state index contributed by atoms with van der Waals surface area (Å²) in [5.41, 5.74) is 1.57. The molecule has 0 aliphatic carbocycles. The molecule has 1 amide bonds. The number of amides is 1. The topological polar surface area (TPSA) is 120 Å². The largest absolute Gasteiger partial charge is 0.493 e. The molecule has 180 valence electrons. The predicted octanol–water partition coefficient (Wildman–Crippen LogP) is 2.62. The van der Waals surface area contributed by atoms with Gasteiger partial charge < -0.3 is 14.8 Å². The lowest BCUT2D eigenvalue weighted by atomic mass is 10.2. The van der Waals surface area contributed by atoms with E-state index >= 15 is 0 Å². The number of nitrogens with one attached hydrogen (secondary N) is 1. The van der Waals surface area contributed by atoms with Crippen LogP contribution in [0.2, 0.25) is 0 Å². The molecule has 3 aromatic rings. The van der Waals surface area contributed by atoms with E-state index in [2.05, 4.69) is 10.4 Å². The van der Waals surface area contributed by atoms with Crippen LogP contribution >= 0.6 is 0 Å². The van der Waals surface area contributed by atoms with Crippen molar-refractivity contribution in [2.45, 2.75) is 24.8 Å². The van der Waals surface area contributed by atoms with E-state index in [0.717, 1.165) is 4.31 Å². The summed E-state index contributed by atoms with van der Waals surface area (Å²) >= 11 is 0. The Morgan fingerprint density at radius 2 is 1.79 bits per heavy atom. The monoisotopic (exact) mass is 486 g/mol. The number of nitrogens with zero attached hydrogens (tertiary/aromatic N) is 3. The van der Waals surface area contributed by atoms with Gasteiger partial charge in [-0.25, -0.2) is 22.2 Å². The number of carbonyl (C=O) groups excluding carboxylic acids is 2. The molecule has 1 N–H and O–H groups in total. The third kappa shape index (κ3) is 5.26. The molecule has 0 saturated carbocycles. The molecule has 0 fully saturated rings. The number of para-hydroxylation sites is 1. The van der Waals surface area contributed by atoms with Gasteiger partial charge in [-0.15, -0.1) is 0 Å². The molecular formula is C23H26N4O6S. The highest BCUT2D eigenvalue weighted by molar-refractivity contribution is 7.89. The molecule has 0 unspecified atom stereocenters. The van der Waals surface area contributed by atoms with Crippen molar-refractivity contribution in [1.29, 1.82) is 0 Å². The fourth-order valence-corrected chi connectivity index (χ4v) is 3.90. The van der Waals surface area contributed by atoms with Crippen molar-refractivity contribution in [1.82, 2.24) is 14.1 Å². The number of esters is 1. The summed E-state index contributed by atoms with van der Waals surface area (Å²) in [5, 5.41) is 6.85. The molecule has 0 bridgehead atoms. The maximum Gasteiger partial charge on any atom is 0.363 e. The van der Waals surface area contributed by atoms with E-state index < -0.39 is 28.0 Å². The summed E-state index contributed by atoms with van der Waals surface area (Å²) in [6.45, 7) is 3.13. The maximum atomic E-state index is 12.7. The molecule has 0 spiro atoms. The van der Waals surface area contributed by atoms with Crippen molar-refractivity contribution in [3.63, 3.8) is 0 Å². The number of ether oxygens (including phenoxy) is 2. The van der Waals surface area contributed by atoms with Crippen molar-refractivity contribution in [2.75, 3.05) is 26.5 Å². The van der Waals surface area contributed by atoms with Gasteiger partial charge in [-0.1, -0.05) is 24.3 Å². The maximum absolute atomic E-state index is 12.7. The molecule has 1 atom stereocenters. The Labute approximate surface area is 198 Å². The van der Waals surface area contributed by atoms with Crippen LogP contribution < -0.4 is 10.1 Å². The molecule has 34 heavy (non-hydrogen) atoms. The zero-order valence-corrected chi connectivity index (χ0v) is 20.3. The Bertz CT molecular complexity index is 1300. The van der Waals surface area contributed by atoms with Gasteiger partial charge in [-0.2, -0.15) is 5.10 Å². The molecule has 11 heteroatoms. The van der Waals surface area contributed by atoms with E-state index in [1.807, 2.05) is 30.3 Å². The van der Waals surface area contributed by atoms with Crippen molar-refractivity contribution in [2.24, 2.45) is 0 Å². The predicted molar refractivity (Wildman–Crippen MR) is 126 cm³/mol. The Morgan fingerprint density at radius 1 is 1.12 bits per heavy atom. The smallest absolute Gasteiger partial charge is 0.363 e. The lowest BCUT2D eigenvalue weighted by Crippen LogP contribution is -2.30. The minimum Gasteiger partial charge on any atom is -0.493 e. The average Bonchev–Trinajstić information content (AvgIpc) is 3.25. The lowest BCUT2D eigenvalue weighted by Gasteiger charge is -2.16. The number of benzene rings is 2. The van der Waals surface area contributed by atoms with Crippen LogP contribution in [0, 0.1) is 6.92 Å². The first-order chi connectivity index (χ1) is 16.0. The summed E-state index contributed by atoms with van der Waals surface area (Å²) in [7, 11) is 0.554. The molecule has 0 aliphatic rings. The van der Waals surface area contributed by atoms with E-state index in [9.17, 15) is 18.0 Å². The normalized spacial score (nSPS) is 12.3. The summed E-state index contributed by atoms with van der Waals surface area (Å²) in [6.07, 6.45) is 0.351. The second-order valence-corrected chi connectivity index (χ2v) is 9.78. The van der Waals surface area contributed by atoms with Gasteiger partial charge in [0.15, 0.2) is 11.9 Å². The number of sulfonamides is 1. The van der Waals surface area contributed by atoms with Gasteiger partial charge in [0.05, 0.1) is 23.9 Å². The molecular weight excluding hydrogens is 460 g/mol. The Morgan fingerprint density at radius 3 is 2.41 bits per heavy atom. The number of carbonyl (C=O) groups is 2. The molecule has 10 nitrogen and oxygen atoms in total. The van der Waals surface area contributed by atoms with Crippen LogP contribution in [0.4, 0.5) is 5.69 Å². The minimum atomic E-state index is -3.68. The molecule has 3 rings (SSSR count). The first-order valence-corrected chi connectivity index (χ1v) is 11.7. The summed E-state index contributed by atoms with van der Waals surface area (Å²) in [4.78, 5) is 25.5. The highest BCUT2D eigenvalue weighted by Crippen LogP contribution is 2.23. The van der Waals surface area contributed by atoms with Crippen molar-refractivity contribution < 1.29 is 27.5 Å². The van der Waals surface area contributed by atoms with Gasteiger partial charge in [0.2, 0.25) is 15.7 Å². The highest BCUT2D eigenvalue weighted by Gasteiger charge is 2.26.